The zero-order valence-corrected chi connectivity index (χ0v) is 14.7. The lowest BCUT2D eigenvalue weighted by atomic mass is 10.2. The Kier molecular flexibility index (Phi) is 5.65. The van der Waals surface area contributed by atoms with Crippen molar-refractivity contribution in [3.63, 3.8) is 0 Å². The number of nitrogens with zero attached hydrogens (tertiary/aromatic N) is 1. The first-order chi connectivity index (χ1) is 13.1. The second kappa shape index (κ2) is 8.31. The average molecular weight is 370 g/mol. The number of carbonyl (C=O) groups excluding carboxylic acids is 2. The number of fused-ring (bicyclic) bond motifs is 1. The Balaban J connectivity index is 1.45. The summed E-state index contributed by atoms with van der Waals surface area (Å²) < 4.78 is 18.5. The number of hydrogen-bond donors (Lipinski definition) is 3. The third-order valence-corrected chi connectivity index (χ3v) is 4.03. The van der Waals surface area contributed by atoms with Gasteiger partial charge in [0.1, 0.15) is 0 Å². The minimum absolute atomic E-state index is 0.104. The van der Waals surface area contributed by atoms with E-state index in [1.54, 1.807) is 12.1 Å². The van der Waals surface area contributed by atoms with E-state index in [1.807, 2.05) is 18.2 Å². The molecule has 0 radical (unpaired) electrons. The van der Waals surface area contributed by atoms with Gasteiger partial charge in [-0.25, -0.2) is 4.39 Å². The van der Waals surface area contributed by atoms with Crippen LogP contribution in [0, 0.1) is 5.82 Å². The van der Waals surface area contributed by atoms with Crippen molar-refractivity contribution >= 4 is 22.7 Å². The van der Waals surface area contributed by atoms with Crippen LogP contribution in [0.5, 0.6) is 5.75 Å². The molecular formula is C19H19FN4O3. The highest BCUT2D eigenvalue weighted by Gasteiger charge is 2.13. The molecule has 0 aliphatic carbocycles. The molecule has 0 aliphatic rings. The number of amides is 2. The van der Waals surface area contributed by atoms with Gasteiger partial charge in [-0.15, -0.1) is 0 Å². The number of methoxy groups -OCH3 is 1. The Morgan fingerprint density at radius 2 is 2.00 bits per heavy atom. The summed E-state index contributed by atoms with van der Waals surface area (Å²) in [5, 5.41) is 12.9. The topological polar surface area (TPSA) is 96.1 Å². The van der Waals surface area contributed by atoms with Crippen LogP contribution in [-0.4, -0.2) is 35.7 Å². The van der Waals surface area contributed by atoms with E-state index in [1.165, 1.54) is 19.2 Å². The SMILES string of the molecule is COc1ccc(CNC(=O)CCNC(=O)c2n[nH]c3ccccc23)cc1F. The lowest BCUT2D eigenvalue weighted by Gasteiger charge is -2.08. The molecule has 0 aliphatic heterocycles. The van der Waals surface area contributed by atoms with Crippen LogP contribution in [0.15, 0.2) is 42.5 Å². The van der Waals surface area contributed by atoms with Crippen molar-refractivity contribution in [2.75, 3.05) is 13.7 Å². The van der Waals surface area contributed by atoms with Crippen molar-refractivity contribution < 1.29 is 18.7 Å². The van der Waals surface area contributed by atoms with Gasteiger partial charge in [0.25, 0.3) is 5.91 Å². The van der Waals surface area contributed by atoms with Crippen LogP contribution in [0.3, 0.4) is 0 Å². The van der Waals surface area contributed by atoms with Gasteiger partial charge in [0.2, 0.25) is 5.91 Å². The van der Waals surface area contributed by atoms with Crippen molar-refractivity contribution in [1.29, 1.82) is 0 Å². The van der Waals surface area contributed by atoms with E-state index in [0.717, 1.165) is 10.9 Å². The molecule has 3 aromatic rings. The molecule has 0 unspecified atom stereocenters. The zero-order chi connectivity index (χ0) is 19.2. The summed E-state index contributed by atoms with van der Waals surface area (Å²) in [6, 6.07) is 11.8. The summed E-state index contributed by atoms with van der Waals surface area (Å²) in [4.78, 5) is 24.1. The molecule has 0 bridgehead atoms. The summed E-state index contributed by atoms with van der Waals surface area (Å²) in [5.74, 6) is -0.933. The maximum absolute atomic E-state index is 13.6. The largest absolute Gasteiger partial charge is 0.494 e. The van der Waals surface area contributed by atoms with E-state index in [0.29, 0.717) is 11.3 Å². The fourth-order valence-corrected chi connectivity index (χ4v) is 2.62. The Labute approximate surface area is 154 Å². The molecule has 0 saturated carbocycles. The molecule has 2 amide bonds. The van der Waals surface area contributed by atoms with Gasteiger partial charge >= 0.3 is 0 Å². The van der Waals surface area contributed by atoms with E-state index in [4.69, 9.17) is 4.74 Å². The number of benzene rings is 2. The van der Waals surface area contributed by atoms with Gasteiger partial charge in [0.15, 0.2) is 17.3 Å². The van der Waals surface area contributed by atoms with Gasteiger partial charge in [-0.05, 0) is 23.8 Å². The maximum atomic E-state index is 13.6. The molecule has 0 fully saturated rings. The maximum Gasteiger partial charge on any atom is 0.272 e. The number of nitrogens with one attached hydrogen (secondary N) is 3. The number of ether oxygens (including phenoxy) is 1. The van der Waals surface area contributed by atoms with E-state index in [2.05, 4.69) is 20.8 Å². The van der Waals surface area contributed by atoms with Crippen LogP contribution in [-0.2, 0) is 11.3 Å². The van der Waals surface area contributed by atoms with Gasteiger partial charge in [-0.3, -0.25) is 14.7 Å². The smallest absolute Gasteiger partial charge is 0.272 e. The minimum Gasteiger partial charge on any atom is -0.494 e. The van der Waals surface area contributed by atoms with Crippen molar-refractivity contribution in [2.24, 2.45) is 0 Å². The standard InChI is InChI=1S/C19H19FN4O3/c1-27-16-7-6-12(10-14(16)20)11-22-17(25)8-9-21-19(26)18-13-4-2-3-5-15(13)23-24-18/h2-7,10H,8-9,11H2,1H3,(H,21,26)(H,22,25)(H,23,24). The first-order valence-electron chi connectivity index (χ1n) is 8.39. The van der Waals surface area contributed by atoms with Crippen LogP contribution in [0.25, 0.3) is 10.9 Å². The molecule has 1 heterocycles. The van der Waals surface area contributed by atoms with E-state index in [-0.39, 0.29) is 37.1 Å². The molecular weight excluding hydrogens is 351 g/mol. The number of H-pyrrole nitrogens is 1. The molecule has 3 rings (SSSR count). The fourth-order valence-electron chi connectivity index (χ4n) is 2.62. The first kappa shape index (κ1) is 18.4. The molecule has 140 valence electrons. The fraction of sp³-hybridized carbons (Fsp3) is 0.211. The Morgan fingerprint density at radius 3 is 2.78 bits per heavy atom. The van der Waals surface area contributed by atoms with Crippen molar-refractivity contribution in [2.45, 2.75) is 13.0 Å². The first-order valence-corrected chi connectivity index (χ1v) is 8.39. The number of hydrogen-bond acceptors (Lipinski definition) is 4. The van der Waals surface area contributed by atoms with Crippen molar-refractivity contribution in [1.82, 2.24) is 20.8 Å². The summed E-state index contributed by atoms with van der Waals surface area (Å²) >= 11 is 0. The van der Waals surface area contributed by atoms with Crippen LogP contribution < -0.4 is 15.4 Å². The third-order valence-electron chi connectivity index (χ3n) is 4.03. The van der Waals surface area contributed by atoms with Crippen LogP contribution in [0.4, 0.5) is 4.39 Å². The van der Waals surface area contributed by atoms with Gasteiger partial charge < -0.3 is 15.4 Å². The number of aromatic nitrogens is 2. The number of para-hydroxylation sites is 1. The monoisotopic (exact) mass is 370 g/mol. The number of halogens is 1. The molecule has 0 saturated heterocycles. The van der Waals surface area contributed by atoms with Crippen LogP contribution in [0.2, 0.25) is 0 Å². The number of aromatic amines is 1. The Bertz CT molecular complexity index is 970. The van der Waals surface area contributed by atoms with E-state index >= 15 is 0 Å². The molecule has 0 atom stereocenters. The molecule has 27 heavy (non-hydrogen) atoms. The molecule has 8 heteroatoms. The van der Waals surface area contributed by atoms with E-state index in [9.17, 15) is 14.0 Å². The highest BCUT2D eigenvalue weighted by molar-refractivity contribution is 6.04. The molecule has 7 nitrogen and oxygen atoms in total. The highest BCUT2D eigenvalue weighted by atomic mass is 19.1. The van der Waals surface area contributed by atoms with Crippen LogP contribution in [0.1, 0.15) is 22.5 Å². The predicted molar refractivity (Wildman–Crippen MR) is 97.8 cm³/mol. The quantitative estimate of drug-likeness (QED) is 0.594. The van der Waals surface area contributed by atoms with Gasteiger partial charge in [-0.2, -0.15) is 5.10 Å². The average Bonchev–Trinajstić information content (AvgIpc) is 3.10. The van der Waals surface area contributed by atoms with Gasteiger partial charge in [0.05, 0.1) is 12.6 Å². The summed E-state index contributed by atoms with van der Waals surface area (Å²) in [5.41, 5.74) is 1.68. The molecule has 1 aromatic heterocycles. The second-order valence-electron chi connectivity index (χ2n) is 5.87. The predicted octanol–water partition coefficient (Wildman–Crippen LogP) is 2.15. The third kappa shape index (κ3) is 4.41. The van der Waals surface area contributed by atoms with Gasteiger partial charge in [0, 0.05) is 24.9 Å². The number of rotatable bonds is 7. The Hall–Kier alpha value is -3.42. The lowest BCUT2D eigenvalue weighted by molar-refractivity contribution is -0.121. The normalized spacial score (nSPS) is 10.6. The van der Waals surface area contributed by atoms with E-state index < -0.39 is 5.82 Å². The molecule has 2 aromatic carbocycles. The van der Waals surface area contributed by atoms with Gasteiger partial charge in [-0.1, -0.05) is 24.3 Å². The molecule has 0 spiro atoms. The van der Waals surface area contributed by atoms with Crippen LogP contribution >= 0.6 is 0 Å². The second-order valence-corrected chi connectivity index (χ2v) is 5.87. The van der Waals surface area contributed by atoms with Crippen molar-refractivity contribution in [3.8, 4) is 5.75 Å². The Morgan fingerprint density at radius 1 is 1.19 bits per heavy atom. The minimum atomic E-state index is -0.484. The zero-order valence-electron chi connectivity index (χ0n) is 14.7. The highest BCUT2D eigenvalue weighted by Crippen LogP contribution is 2.17. The molecule has 3 N–H and O–H groups in total. The summed E-state index contributed by atoms with van der Waals surface area (Å²) in [6.45, 7) is 0.362. The summed E-state index contributed by atoms with van der Waals surface area (Å²) in [6.07, 6.45) is 0.104. The van der Waals surface area contributed by atoms with Crippen molar-refractivity contribution in [3.05, 3.63) is 59.5 Å². The lowest BCUT2D eigenvalue weighted by Crippen LogP contribution is -2.30. The summed E-state index contributed by atoms with van der Waals surface area (Å²) in [7, 11) is 1.39. The number of carbonyl (C=O) groups is 2.